The molecule has 5 heteroatoms. The number of aromatic nitrogens is 1. The Balaban J connectivity index is 2.95. The minimum atomic E-state index is 0.512. The molecule has 0 aliphatic carbocycles. The van der Waals surface area contributed by atoms with E-state index in [9.17, 15) is 0 Å². The molecule has 4 nitrogen and oxygen atoms in total. The van der Waals surface area contributed by atoms with Crippen molar-refractivity contribution in [2.75, 3.05) is 38.6 Å². The van der Waals surface area contributed by atoms with E-state index in [1.165, 1.54) is 0 Å². The molecular weight excluding hydrogens is 304 g/mol. The number of likely N-dealkylation sites (N-methyl/N-ethyl adjacent to an activating group) is 1. The second-order valence-electron chi connectivity index (χ2n) is 5.48. The van der Waals surface area contributed by atoms with E-state index in [1.807, 2.05) is 6.20 Å². The van der Waals surface area contributed by atoms with Crippen molar-refractivity contribution < 1.29 is 0 Å². The van der Waals surface area contributed by atoms with Crippen molar-refractivity contribution in [2.45, 2.75) is 20.4 Å². The Bertz CT molecular complexity index is 393. The van der Waals surface area contributed by atoms with Gasteiger partial charge in [-0.3, -0.25) is 0 Å². The Morgan fingerprint density at radius 3 is 2.53 bits per heavy atom. The standard InChI is InChI=1S/C14H25BrN4/c1-11(2)10-19(6-5-18(3)4)14-12(8-16)7-13(15)9-17-14/h7,9,11H,5-6,8,10,16H2,1-4H3. The van der Waals surface area contributed by atoms with Crippen molar-refractivity contribution in [3.8, 4) is 0 Å². The summed E-state index contributed by atoms with van der Waals surface area (Å²) in [6.45, 7) is 7.93. The summed E-state index contributed by atoms with van der Waals surface area (Å²) in [6.07, 6.45) is 1.84. The summed E-state index contributed by atoms with van der Waals surface area (Å²) < 4.78 is 0.980. The van der Waals surface area contributed by atoms with Gasteiger partial charge in [0.1, 0.15) is 5.82 Å². The summed E-state index contributed by atoms with van der Waals surface area (Å²) in [7, 11) is 4.18. The van der Waals surface area contributed by atoms with Crippen LogP contribution in [-0.2, 0) is 6.54 Å². The molecular formula is C14H25BrN4. The Labute approximate surface area is 125 Å². The van der Waals surface area contributed by atoms with E-state index in [0.717, 1.165) is 35.5 Å². The molecule has 0 saturated heterocycles. The van der Waals surface area contributed by atoms with Gasteiger partial charge in [-0.25, -0.2) is 4.98 Å². The number of halogens is 1. The van der Waals surface area contributed by atoms with E-state index >= 15 is 0 Å². The number of anilines is 1. The van der Waals surface area contributed by atoms with Crippen LogP contribution in [0.25, 0.3) is 0 Å². The van der Waals surface area contributed by atoms with Gasteiger partial charge in [-0.1, -0.05) is 13.8 Å². The zero-order chi connectivity index (χ0) is 14.4. The Morgan fingerprint density at radius 1 is 1.32 bits per heavy atom. The van der Waals surface area contributed by atoms with E-state index in [-0.39, 0.29) is 0 Å². The van der Waals surface area contributed by atoms with Gasteiger partial charge in [0, 0.05) is 42.4 Å². The van der Waals surface area contributed by atoms with Gasteiger partial charge in [0.25, 0.3) is 0 Å². The van der Waals surface area contributed by atoms with Crippen molar-refractivity contribution in [1.29, 1.82) is 0 Å². The van der Waals surface area contributed by atoms with Crippen molar-refractivity contribution in [3.05, 3.63) is 22.3 Å². The van der Waals surface area contributed by atoms with Crippen molar-refractivity contribution >= 4 is 21.7 Å². The molecule has 108 valence electrons. The van der Waals surface area contributed by atoms with Gasteiger partial charge in [-0.05, 0) is 42.0 Å². The first kappa shape index (κ1) is 16.4. The average Bonchev–Trinajstić information content (AvgIpc) is 2.33. The lowest BCUT2D eigenvalue weighted by molar-refractivity contribution is 0.408. The fourth-order valence-electron chi connectivity index (χ4n) is 1.95. The van der Waals surface area contributed by atoms with Crippen molar-refractivity contribution in [1.82, 2.24) is 9.88 Å². The van der Waals surface area contributed by atoms with Crippen LogP contribution < -0.4 is 10.6 Å². The maximum absolute atomic E-state index is 5.85. The third-order valence-corrected chi connectivity index (χ3v) is 3.27. The third kappa shape index (κ3) is 5.47. The van der Waals surface area contributed by atoms with E-state index in [1.54, 1.807) is 0 Å². The Kier molecular flexibility index (Phi) is 6.75. The maximum Gasteiger partial charge on any atom is 0.133 e. The van der Waals surface area contributed by atoms with E-state index in [4.69, 9.17) is 5.73 Å². The SMILES string of the molecule is CC(C)CN(CCN(C)C)c1ncc(Br)cc1CN. The molecule has 0 unspecified atom stereocenters. The highest BCUT2D eigenvalue weighted by Crippen LogP contribution is 2.22. The molecule has 0 aliphatic heterocycles. The number of pyridine rings is 1. The van der Waals surface area contributed by atoms with Crippen molar-refractivity contribution in [3.63, 3.8) is 0 Å². The molecule has 0 amide bonds. The van der Waals surface area contributed by atoms with Crippen LogP contribution in [0.1, 0.15) is 19.4 Å². The zero-order valence-corrected chi connectivity index (χ0v) is 13.9. The first-order valence-electron chi connectivity index (χ1n) is 6.68. The molecule has 0 aliphatic rings. The molecule has 0 radical (unpaired) electrons. The summed E-state index contributed by atoms with van der Waals surface area (Å²) in [4.78, 5) is 9.08. The number of hydrogen-bond acceptors (Lipinski definition) is 4. The van der Waals surface area contributed by atoms with E-state index in [0.29, 0.717) is 12.5 Å². The fourth-order valence-corrected chi connectivity index (χ4v) is 2.33. The highest BCUT2D eigenvalue weighted by Gasteiger charge is 2.14. The molecule has 1 rings (SSSR count). The minimum Gasteiger partial charge on any atom is -0.355 e. The molecule has 0 aromatic carbocycles. The van der Waals surface area contributed by atoms with Crippen LogP contribution in [0.2, 0.25) is 0 Å². The molecule has 0 saturated carbocycles. The lowest BCUT2D eigenvalue weighted by Crippen LogP contribution is -2.35. The number of hydrogen-bond donors (Lipinski definition) is 1. The number of nitrogens with two attached hydrogens (primary N) is 1. The molecule has 0 atom stereocenters. The van der Waals surface area contributed by atoms with Gasteiger partial charge in [0.05, 0.1) is 0 Å². The van der Waals surface area contributed by atoms with Crippen LogP contribution in [0.4, 0.5) is 5.82 Å². The zero-order valence-electron chi connectivity index (χ0n) is 12.4. The number of nitrogens with zero attached hydrogens (tertiary/aromatic N) is 3. The normalized spacial score (nSPS) is 11.4. The first-order chi connectivity index (χ1) is 8.93. The molecule has 19 heavy (non-hydrogen) atoms. The summed E-state index contributed by atoms with van der Waals surface area (Å²) in [5.74, 6) is 1.61. The van der Waals surface area contributed by atoms with Gasteiger partial charge in [-0.2, -0.15) is 0 Å². The highest BCUT2D eigenvalue weighted by atomic mass is 79.9. The van der Waals surface area contributed by atoms with Gasteiger partial charge in [-0.15, -0.1) is 0 Å². The average molecular weight is 329 g/mol. The number of rotatable bonds is 7. The van der Waals surface area contributed by atoms with Crippen LogP contribution in [-0.4, -0.2) is 43.6 Å². The van der Waals surface area contributed by atoms with E-state index < -0.39 is 0 Å². The second kappa shape index (κ2) is 7.82. The van der Waals surface area contributed by atoms with Crippen LogP contribution >= 0.6 is 15.9 Å². The topological polar surface area (TPSA) is 45.4 Å². The Hall–Kier alpha value is -0.650. The largest absolute Gasteiger partial charge is 0.355 e. The lowest BCUT2D eigenvalue weighted by Gasteiger charge is -2.28. The minimum absolute atomic E-state index is 0.512. The molecule has 1 aromatic heterocycles. The molecule has 0 bridgehead atoms. The second-order valence-corrected chi connectivity index (χ2v) is 6.40. The summed E-state index contributed by atoms with van der Waals surface area (Å²) in [6, 6.07) is 2.06. The molecule has 0 fully saturated rings. The summed E-state index contributed by atoms with van der Waals surface area (Å²) in [5, 5.41) is 0. The molecule has 1 heterocycles. The Morgan fingerprint density at radius 2 is 2.00 bits per heavy atom. The molecule has 0 spiro atoms. The van der Waals surface area contributed by atoms with Crippen LogP contribution in [0, 0.1) is 5.92 Å². The van der Waals surface area contributed by atoms with E-state index in [2.05, 4.69) is 64.7 Å². The van der Waals surface area contributed by atoms with Gasteiger partial charge in [0.2, 0.25) is 0 Å². The smallest absolute Gasteiger partial charge is 0.133 e. The third-order valence-electron chi connectivity index (χ3n) is 2.83. The highest BCUT2D eigenvalue weighted by molar-refractivity contribution is 9.10. The molecule has 1 aromatic rings. The fraction of sp³-hybridized carbons (Fsp3) is 0.643. The van der Waals surface area contributed by atoms with Crippen LogP contribution in [0.3, 0.4) is 0 Å². The summed E-state index contributed by atoms with van der Waals surface area (Å²) in [5.41, 5.74) is 6.94. The maximum atomic E-state index is 5.85. The lowest BCUT2D eigenvalue weighted by atomic mass is 10.1. The predicted octanol–water partition coefficient (Wildman–Crippen LogP) is 2.33. The van der Waals surface area contributed by atoms with Crippen LogP contribution in [0.5, 0.6) is 0 Å². The van der Waals surface area contributed by atoms with Gasteiger partial charge in [0.15, 0.2) is 0 Å². The predicted molar refractivity (Wildman–Crippen MR) is 85.4 cm³/mol. The van der Waals surface area contributed by atoms with Gasteiger partial charge >= 0.3 is 0 Å². The van der Waals surface area contributed by atoms with Crippen molar-refractivity contribution in [2.24, 2.45) is 11.7 Å². The monoisotopic (exact) mass is 328 g/mol. The first-order valence-corrected chi connectivity index (χ1v) is 7.47. The molecule has 2 N–H and O–H groups in total. The summed E-state index contributed by atoms with van der Waals surface area (Å²) >= 11 is 3.45. The van der Waals surface area contributed by atoms with Gasteiger partial charge < -0.3 is 15.5 Å². The van der Waals surface area contributed by atoms with Crippen LogP contribution in [0.15, 0.2) is 16.7 Å². The quantitative estimate of drug-likeness (QED) is 0.834.